The molecule has 236 valence electrons. The van der Waals surface area contributed by atoms with Crippen molar-refractivity contribution in [2.24, 2.45) is 0 Å². The Morgan fingerprint density at radius 3 is 1.89 bits per heavy atom. The standard InChI is InChI=1S/C16H14Cl2N2OS.C16H15ClN2O2S.CH4/c1-8(2)12-7-22-16(20-12)11-6-10(17)9-4-5-13(21-3)14(18)15(9)19-11;1-8(2)11-7-22-16(19-11)10-6-12(20)9-4-5-13(21-3)14(17)15(9)18-10;/h4-8H,1-3H3;4-8H,1-3H3,(H,18,20);1H4. The van der Waals surface area contributed by atoms with Gasteiger partial charge in [0.25, 0.3) is 0 Å². The molecule has 0 aliphatic carbocycles. The van der Waals surface area contributed by atoms with Gasteiger partial charge < -0.3 is 14.5 Å². The monoisotopic (exact) mass is 702 g/mol. The summed E-state index contributed by atoms with van der Waals surface area (Å²) in [4.78, 5) is 29.4. The molecule has 2 aromatic carbocycles. The fraction of sp³-hybridized carbons (Fsp3) is 0.273. The third-order valence-electron chi connectivity index (χ3n) is 6.86. The summed E-state index contributed by atoms with van der Waals surface area (Å²) in [5.41, 5.74) is 4.57. The van der Waals surface area contributed by atoms with Gasteiger partial charge in [-0.3, -0.25) is 4.79 Å². The molecule has 0 aliphatic heterocycles. The van der Waals surface area contributed by atoms with Gasteiger partial charge in [0, 0.05) is 27.6 Å². The summed E-state index contributed by atoms with van der Waals surface area (Å²) in [6, 6.07) is 10.5. The normalized spacial score (nSPS) is 11.1. The van der Waals surface area contributed by atoms with Crippen LogP contribution < -0.4 is 14.9 Å². The second kappa shape index (κ2) is 14.5. The topological polar surface area (TPSA) is 90.0 Å². The zero-order valence-corrected chi connectivity index (χ0v) is 28.7. The summed E-state index contributed by atoms with van der Waals surface area (Å²) in [6.45, 7) is 8.40. The Morgan fingerprint density at radius 1 is 0.756 bits per heavy atom. The first-order chi connectivity index (χ1) is 21.0. The molecule has 12 heteroatoms. The summed E-state index contributed by atoms with van der Waals surface area (Å²) >= 11 is 22.1. The molecule has 0 aliphatic rings. The van der Waals surface area contributed by atoms with E-state index < -0.39 is 0 Å². The Labute approximate surface area is 285 Å². The molecule has 0 radical (unpaired) electrons. The van der Waals surface area contributed by atoms with E-state index in [0.717, 1.165) is 32.5 Å². The zero-order chi connectivity index (χ0) is 31.7. The first-order valence-corrected chi connectivity index (χ1v) is 16.6. The molecule has 0 saturated heterocycles. The van der Waals surface area contributed by atoms with Crippen LogP contribution in [-0.2, 0) is 0 Å². The molecule has 0 spiro atoms. The lowest BCUT2D eigenvalue weighted by molar-refractivity contribution is 0.415. The van der Waals surface area contributed by atoms with Gasteiger partial charge in [0.15, 0.2) is 5.43 Å². The predicted molar refractivity (Wildman–Crippen MR) is 192 cm³/mol. The van der Waals surface area contributed by atoms with E-state index in [2.05, 4.69) is 47.6 Å². The van der Waals surface area contributed by atoms with Gasteiger partial charge >= 0.3 is 0 Å². The van der Waals surface area contributed by atoms with Crippen molar-refractivity contribution in [1.82, 2.24) is 19.9 Å². The summed E-state index contributed by atoms with van der Waals surface area (Å²) in [7, 11) is 3.12. The lowest BCUT2D eigenvalue weighted by Crippen LogP contribution is -2.04. The maximum atomic E-state index is 12.3. The van der Waals surface area contributed by atoms with Crippen molar-refractivity contribution in [1.29, 1.82) is 0 Å². The highest BCUT2D eigenvalue weighted by Crippen LogP contribution is 2.38. The van der Waals surface area contributed by atoms with Crippen molar-refractivity contribution in [2.75, 3.05) is 14.2 Å². The molecule has 7 nitrogen and oxygen atoms in total. The maximum Gasteiger partial charge on any atom is 0.190 e. The number of rotatable bonds is 6. The van der Waals surface area contributed by atoms with E-state index in [-0.39, 0.29) is 12.9 Å². The average molecular weight is 704 g/mol. The van der Waals surface area contributed by atoms with E-state index in [0.29, 0.717) is 60.5 Å². The van der Waals surface area contributed by atoms with Crippen molar-refractivity contribution in [3.8, 4) is 32.9 Å². The number of ether oxygens (including phenoxy) is 2. The molecule has 0 atom stereocenters. The van der Waals surface area contributed by atoms with Gasteiger partial charge in [-0.1, -0.05) is 69.9 Å². The minimum Gasteiger partial charge on any atom is -0.495 e. The van der Waals surface area contributed by atoms with Gasteiger partial charge in [0.1, 0.15) is 37.3 Å². The molecule has 0 unspecified atom stereocenters. The number of halogens is 3. The van der Waals surface area contributed by atoms with Gasteiger partial charge in [0.2, 0.25) is 0 Å². The molecule has 0 saturated carbocycles. The molecular formula is C33H33Cl3N4O3S2. The van der Waals surface area contributed by atoms with E-state index >= 15 is 0 Å². The summed E-state index contributed by atoms with van der Waals surface area (Å²) in [5, 5.41) is 8.48. The summed E-state index contributed by atoms with van der Waals surface area (Å²) in [5.74, 6) is 1.84. The summed E-state index contributed by atoms with van der Waals surface area (Å²) in [6.07, 6.45) is 0. The first kappa shape index (κ1) is 34.7. The second-order valence-electron chi connectivity index (χ2n) is 10.5. The lowest BCUT2D eigenvalue weighted by atomic mass is 10.1. The number of methoxy groups -OCH3 is 2. The van der Waals surface area contributed by atoms with Crippen molar-refractivity contribution < 1.29 is 9.47 Å². The number of fused-ring (bicyclic) bond motifs is 2. The molecule has 0 bridgehead atoms. The SMILES string of the molecule is C.COc1ccc2c(=O)cc(-c3nc(C(C)C)cs3)[nH]c2c1Cl.COc1ccc2c(Cl)cc(-c3nc(C(C)C)cs3)nc2c1Cl. The predicted octanol–water partition coefficient (Wildman–Crippen LogP) is 10.9. The van der Waals surface area contributed by atoms with Crippen LogP contribution in [0.1, 0.15) is 58.3 Å². The van der Waals surface area contributed by atoms with Gasteiger partial charge in [-0.05, 0) is 42.2 Å². The second-order valence-corrected chi connectivity index (χ2v) is 13.4. The van der Waals surface area contributed by atoms with Crippen LogP contribution in [0.3, 0.4) is 0 Å². The van der Waals surface area contributed by atoms with Crippen LogP contribution in [-0.4, -0.2) is 34.2 Å². The minimum atomic E-state index is -0.0883. The van der Waals surface area contributed by atoms with Crippen LogP contribution in [0.2, 0.25) is 15.1 Å². The van der Waals surface area contributed by atoms with E-state index in [1.54, 1.807) is 49.8 Å². The number of H-pyrrole nitrogens is 1. The quantitative estimate of drug-likeness (QED) is 0.186. The highest BCUT2D eigenvalue weighted by atomic mass is 35.5. The lowest BCUT2D eigenvalue weighted by Gasteiger charge is -2.08. The largest absolute Gasteiger partial charge is 0.495 e. The zero-order valence-electron chi connectivity index (χ0n) is 24.8. The smallest absolute Gasteiger partial charge is 0.190 e. The molecule has 6 aromatic rings. The van der Waals surface area contributed by atoms with E-state index in [1.807, 2.05) is 22.9 Å². The number of nitrogens with one attached hydrogen (secondary N) is 1. The van der Waals surface area contributed by atoms with E-state index in [1.165, 1.54) is 11.3 Å². The number of pyridine rings is 2. The summed E-state index contributed by atoms with van der Waals surface area (Å²) < 4.78 is 10.5. The van der Waals surface area contributed by atoms with Crippen molar-refractivity contribution in [3.05, 3.63) is 83.8 Å². The number of nitrogens with zero attached hydrogens (tertiary/aromatic N) is 3. The molecule has 4 aromatic heterocycles. The molecular weight excluding hydrogens is 671 g/mol. The number of aromatic amines is 1. The Bertz CT molecular complexity index is 2040. The van der Waals surface area contributed by atoms with Crippen LogP contribution in [0.5, 0.6) is 11.5 Å². The highest BCUT2D eigenvalue weighted by Gasteiger charge is 2.16. The average Bonchev–Trinajstić information content (AvgIpc) is 3.70. The fourth-order valence-electron chi connectivity index (χ4n) is 4.35. The van der Waals surface area contributed by atoms with Crippen molar-refractivity contribution >= 4 is 79.3 Å². The third kappa shape index (κ3) is 7.13. The Balaban J connectivity index is 0.000000200. The number of aromatic nitrogens is 4. The van der Waals surface area contributed by atoms with Gasteiger partial charge in [0.05, 0.1) is 47.4 Å². The third-order valence-corrected chi connectivity index (χ3v) is 9.69. The van der Waals surface area contributed by atoms with Crippen LogP contribution in [0.25, 0.3) is 43.2 Å². The van der Waals surface area contributed by atoms with Crippen LogP contribution in [0.15, 0.2) is 52.0 Å². The van der Waals surface area contributed by atoms with Gasteiger partial charge in [-0.15, -0.1) is 22.7 Å². The molecule has 6 rings (SSSR count). The van der Waals surface area contributed by atoms with Gasteiger partial charge in [-0.2, -0.15) is 0 Å². The molecule has 1 N–H and O–H groups in total. The number of hydrogen-bond donors (Lipinski definition) is 1. The number of thiazole rings is 2. The highest BCUT2D eigenvalue weighted by molar-refractivity contribution is 7.13. The maximum absolute atomic E-state index is 12.3. The number of hydrogen-bond acceptors (Lipinski definition) is 8. The Kier molecular flexibility index (Phi) is 11.2. The Morgan fingerprint density at radius 2 is 1.31 bits per heavy atom. The molecule has 0 fully saturated rings. The fourth-order valence-corrected chi connectivity index (χ4v) is 7.07. The molecule has 4 heterocycles. The van der Waals surface area contributed by atoms with Crippen molar-refractivity contribution in [3.63, 3.8) is 0 Å². The van der Waals surface area contributed by atoms with E-state index in [4.69, 9.17) is 44.3 Å². The Hall–Kier alpha value is -3.21. The molecule has 45 heavy (non-hydrogen) atoms. The van der Waals surface area contributed by atoms with Crippen LogP contribution >= 0.6 is 57.5 Å². The first-order valence-electron chi connectivity index (χ1n) is 13.7. The van der Waals surface area contributed by atoms with Crippen LogP contribution in [0, 0.1) is 0 Å². The minimum absolute atomic E-state index is 0. The molecule has 0 amide bonds. The van der Waals surface area contributed by atoms with Crippen molar-refractivity contribution in [2.45, 2.75) is 47.0 Å². The van der Waals surface area contributed by atoms with E-state index in [9.17, 15) is 4.79 Å². The number of benzene rings is 2. The van der Waals surface area contributed by atoms with Crippen LogP contribution in [0.4, 0.5) is 0 Å². The van der Waals surface area contributed by atoms with Gasteiger partial charge in [-0.25, -0.2) is 15.0 Å².